The lowest BCUT2D eigenvalue weighted by Crippen LogP contribution is -2.36. The van der Waals surface area contributed by atoms with Gasteiger partial charge >= 0.3 is 0 Å². The Balaban J connectivity index is 2.06. The summed E-state index contributed by atoms with van der Waals surface area (Å²) in [5.74, 6) is 0.327. The molecule has 25 heavy (non-hydrogen) atoms. The van der Waals surface area contributed by atoms with Crippen LogP contribution in [0.4, 0.5) is 0 Å². The highest BCUT2D eigenvalue weighted by molar-refractivity contribution is 7.99. The van der Waals surface area contributed by atoms with Crippen molar-refractivity contribution in [2.24, 2.45) is 0 Å². The largest absolute Gasteiger partial charge is 0.383 e. The van der Waals surface area contributed by atoms with Gasteiger partial charge in [-0.2, -0.15) is 0 Å². The lowest BCUT2D eigenvalue weighted by atomic mass is 10.2. The van der Waals surface area contributed by atoms with Crippen LogP contribution < -0.4 is 10.6 Å². The Bertz CT molecular complexity index is 707. The number of thioether (sulfide) groups is 1. The average Bonchev–Trinajstić information content (AvgIpc) is 3.06. The first-order valence-electron chi connectivity index (χ1n) is 7.58. The normalized spacial score (nSPS) is 10.5. The Morgan fingerprint density at radius 1 is 1.24 bits per heavy atom. The topological polar surface area (TPSA) is 111 Å². The van der Waals surface area contributed by atoms with E-state index in [-0.39, 0.29) is 24.1 Å². The van der Waals surface area contributed by atoms with Crippen LogP contribution in [0.15, 0.2) is 29.7 Å². The van der Waals surface area contributed by atoms with Gasteiger partial charge in [0.2, 0.25) is 11.8 Å². The highest BCUT2D eigenvalue weighted by atomic mass is 32.2. The first kappa shape index (κ1) is 18.9. The summed E-state index contributed by atoms with van der Waals surface area (Å²) in [7, 11) is 3.14. The molecule has 0 fully saturated rings. The third kappa shape index (κ3) is 5.54. The van der Waals surface area contributed by atoms with Gasteiger partial charge in [0.05, 0.1) is 25.4 Å². The van der Waals surface area contributed by atoms with Crippen LogP contribution in [0.5, 0.6) is 0 Å². The molecule has 0 unspecified atom stereocenters. The number of nitrogens with one attached hydrogen (secondary N) is 2. The second-order valence-corrected chi connectivity index (χ2v) is 5.87. The molecule has 0 spiro atoms. The molecule has 2 aromatic heterocycles. The number of hydrogen-bond acceptors (Lipinski definition) is 7. The third-order valence-electron chi connectivity index (χ3n) is 3.23. The predicted molar refractivity (Wildman–Crippen MR) is 92.9 cm³/mol. The predicted octanol–water partition coefficient (Wildman–Crippen LogP) is -0.0592. The van der Waals surface area contributed by atoms with Crippen LogP contribution in [-0.4, -0.2) is 64.6 Å². The van der Waals surface area contributed by atoms with Crippen molar-refractivity contribution < 1.29 is 14.3 Å². The highest BCUT2D eigenvalue weighted by Crippen LogP contribution is 2.23. The molecule has 9 nitrogen and oxygen atoms in total. The van der Waals surface area contributed by atoms with E-state index < -0.39 is 0 Å². The molecular weight excluding hydrogens is 344 g/mol. The number of carbonyl (C=O) groups excluding carboxylic acids is 2. The molecule has 0 aliphatic heterocycles. The fraction of sp³-hybridized carbons (Fsp3) is 0.400. The van der Waals surface area contributed by atoms with E-state index in [2.05, 4.69) is 25.8 Å². The summed E-state index contributed by atoms with van der Waals surface area (Å²) in [5, 5.41) is 14.0. The van der Waals surface area contributed by atoms with E-state index in [0.29, 0.717) is 24.1 Å². The van der Waals surface area contributed by atoms with Crippen LogP contribution in [0.25, 0.3) is 11.4 Å². The van der Waals surface area contributed by atoms with Crippen molar-refractivity contribution in [2.75, 3.05) is 33.1 Å². The summed E-state index contributed by atoms with van der Waals surface area (Å²) in [4.78, 5) is 27.0. The van der Waals surface area contributed by atoms with E-state index in [1.165, 1.54) is 18.8 Å². The Morgan fingerprint density at radius 2 is 2.00 bits per heavy atom. The average molecular weight is 364 g/mol. The number of aromatic nitrogens is 4. The van der Waals surface area contributed by atoms with Gasteiger partial charge in [-0.25, -0.2) is 0 Å². The number of amides is 2. The maximum atomic E-state index is 11.8. The van der Waals surface area contributed by atoms with Crippen molar-refractivity contribution in [3.05, 3.63) is 24.5 Å². The van der Waals surface area contributed by atoms with Gasteiger partial charge < -0.3 is 15.4 Å². The molecule has 2 rings (SSSR count). The zero-order chi connectivity index (χ0) is 18.1. The first-order valence-corrected chi connectivity index (χ1v) is 8.57. The molecular formula is C15H20N6O3S. The molecule has 134 valence electrons. The number of carbonyl (C=O) groups is 2. The fourth-order valence-corrected chi connectivity index (χ4v) is 2.74. The molecule has 10 heteroatoms. The van der Waals surface area contributed by atoms with Crippen molar-refractivity contribution >= 4 is 23.6 Å². The standard InChI is InChI=1S/C15H20N6O3S/c1-16-12(22)9-18-13(23)10-25-15-20-19-14(21(15)7-8-24-2)11-3-5-17-6-4-11/h3-6H,7-10H2,1-2H3,(H,16,22)(H,18,23). The summed E-state index contributed by atoms with van der Waals surface area (Å²) in [6, 6.07) is 3.69. The van der Waals surface area contributed by atoms with Crippen LogP contribution in [0.1, 0.15) is 0 Å². The Hall–Kier alpha value is -2.46. The molecule has 0 saturated carbocycles. The van der Waals surface area contributed by atoms with Gasteiger partial charge in [-0.05, 0) is 12.1 Å². The summed E-state index contributed by atoms with van der Waals surface area (Å²) >= 11 is 1.25. The van der Waals surface area contributed by atoms with Crippen molar-refractivity contribution in [1.29, 1.82) is 0 Å². The molecule has 0 aromatic carbocycles. The molecule has 2 aromatic rings. The van der Waals surface area contributed by atoms with Crippen LogP contribution >= 0.6 is 11.8 Å². The van der Waals surface area contributed by atoms with Gasteiger partial charge in [-0.1, -0.05) is 11.8 Å². The molecule has 2 amide bonds. The maximum absolute atomic E-state index is 11.8. The third-order valence-corrected chi connectivity index (χ3v) is 4.20. The second-order valence-electron chi connectivity index (χ2n) is 4.93. The smallest absolute Gasteiger partial charge is 0.239 e. The molecule has 2 heterocycles. The van der Waals surface area contributed by atoms with Gasteiger partial charge in [0.15, 0.2) is 11.0 Å². The van der Waals surface area contributed by atoms with Crippen molar-refractivity contribution in [3.8, 4) is 11.4 Å². The summed E-state index contributed by atoms with van der Waals surface area (Å²) in [6.45, 7) is 1.00. The van der Waals surface area contributed by atoms with Gasteiger partial charge in [-0.3, -0.25) is 19.1 Å². The number of rotatable bonds is 9. The van der Waals surface area contributed by atoms with E-state index >= 15 is 0 Å². The number of nitrogens with zero attached hydrogens (tertiary/aromatic N) is 4. The minimum absolute atomic E-state index is 0.0471. The number of ether oxygens (including phenoxy) is 1. The lowest BCUT2D eigenvalue weighted by molar-refractivity contribution is -0.124. The van der Waals surface area contributed by atoms with Crippen molar-refractivity contribution in [2.45, 2.75) is 11.7 Å². The maximum Gasteiger partial charge on any atom is 0.239 e. The van der Waals surface area contributed by atoms with E-state index in [1.807, 2.05) is 16.7 Å². The summed E-state index contributed by atoms with van der Waals surface area (Å²) in [6.07, 6.45) is 3.37. The number of pyridine rings is 1. The SMILES string of the molecule is CNC(=O)CNC(=O)CSc1nnc(-c2ccncc2)n1CCOC. The fourth-order valence-electron chi connectivity index (χ4n) is 1.94. The number of likely N-dealkylation sites (N-methyl/N-ethyl adjacent to an activating group) is 1. The number of hydrogen-bond donors (Lipinski definition) is 2. The molecule has 0 bridgehead atoms. The van der Waals surface area contributed by atoms with Crippen molar-refractivity contribution in [1.82, 2.24) is 30.4 Å². The lowest BCUT2D eigenvalue weighted by Gasteiger charge is -2.09. The first-order chi connectivity index (χ1) is 12.2. The van der Waals surface area contributed by atoms with Gasteiger partial charge in [0.1, 0.15) is 0 Å². The van der Waals surface area contributed by atoms with Gasteiger partial charge in [0.25, 0.3) is 0 Å². The highest BCUT2D eigenvalue weighted by Gasteiger charge is 2.15. The van der Waals surface area contributed by atoms with E-state index in [4.69, 9.17) is 4.74 Å². The Morgan fingerprint density at radius 3 is 2.68 bits per heavy atom. The second kappa shape index (κ2) is 9.74. The van der Waals surface area contributed by atoms with Crippen molar-refractivity contribution in [3.63, 3.8) is 0 Å². The molecule has 0 aliphatic rings. The zero-order valence-electron chi connectivity index (χ0n) is 14.1. The molecule has 0 radical (unpaired) electrons. The van der Waals surface area contributed by atoms with E-state index in [1.54, 1.807) is 19.5 Å². The Kier molecular flexibility index (Phi) is 7.36. The molecule has 2 N–H and O–H groups in total. The molecule has 0 aliphatic carbocycles. The van der Waals surface area contributed by atoms with E-state index in [0.717, 1.165) is 5.56 Å². The summed E-state index contributed by atoms with van der Waals surface area (Å²) < 4.78 is 7.04. The molecule has 0 atom stereocenters. The van der Waals surface area contributed by atoms with Crippen LogP contribution in [0.3, 0.4) is 0 Å². The van der Waals surface area contributed by atoms with Crippen LogP contribution in [0, 0.1) is 0 Å². The monoisotopic (exact) mass is 364 g/mol. The minimum Gasteiger partial charge on any atom is -0.383 e. The molecule has 0 saturated heterocycles. The van der Waals surface area contributed by atoms with Crippen LogP contribution in [-0.2, 0) is 20.9 Å². The quantitative estimate of drug-likeness (QED) is 0.600. The van der Waals surface area contributed by atoms with Crippen LogP contribution in [0.2, 0.25) is 0 Å². The zero-order valence-corrected chi connectivity index (χ0v) is 14.9. The van der Waals surface area contributed by atoms with Gasteiger partial charge in [0, 0.05) is 32.1 Å². The Labute approximate surface area is 149 Å². The van der Waals surface area contributed by atoms with Gasteiger partial charge in [-0.15, -0.1) is 10.2 Å². The van der Waals surface area contributed by atoms with E-state index in [9.17, 15) is 9.59 Å². The number of methoxy groups -OCH3 is 1. The minimum atomic E-state index is -0.250. The summed E-state index contributed by atoms with van der Waals surface area (Å²) in [5.41, 5.74) is 0.884.